The van der Waals surface area contributed by atoms with Crippen molar-refractivity contribution in [3.63, 3.8) is 0 Å². The van der Waals surface area contributed by atoms with Crippen LogP contribution in [0.5, 0.6) is 5.75 Å². The number of hydrogen-bond donors (Lipinski definition) is 2. The largest absolute Gasteiger partial charge is 0.496 e. The highest BCUT2D eigenvalue weighted by molar-refractivity contribution is 6.74. The predicted octanol–water partition coefficient (Wildman–Crippen LogP) is 6.42. The van der Waals surface area contributed by atoms with E-state index in [9.17, 15) is 9.18 Å². The normalized spacial score (nSPS) is 18.0. The number of aromatic nitrogens is 4. The van der Waals surface area contributed by atoms with Crippen molar-refractivity contribution >= 4 is 30.8 Å². The molecule has 0 saturated carbocycles. The quantitative estimate of drug-likeness (QED) is 0.193. The van der Waals surface area contributed by atoms with Crippen molar-refractivity contribution < 1.29 is 18.3 Å². The zero-order chi connectivity index (χ0) is 31.9. The molecule has 3 aromatic heterocycles. The summed E-state index contributed by atoms with van der Waals surface area (Å²) in [4.78, 5) is 20.4. The topological polar surface area (TPSA) is 96.8 Å². The fraction of sp³-hybridized carbons (Fsp3) is 0.382. The molecule has 1 aliphatic rings. The van der Waals surface area contributed by atoms with Crippen molar-refractivity contribution in [3.05, 3.63) is 84.1 Å². The van der Waals surface area contributed by atoms with Crippen molar-refractivity contribution in [2.75, 3.05) is 20.2 Å². The highest BCUT2D eigenvalue weighted by atomic mass is 28.4. The van der Waals surface area contributed by atoms with Crippen LogP contribution in [-0.4, -0.2) is 71.1 Å². The summed E-state index contributed by atoms with van der Waals surface area (Å²) in [7, 11) is -0.585. The molecule has 236 valence electrons. The second kappa shape index (κ2) is 12.0. The number of methoxy groups -OCH3 is 1. The number of rotatable bonds is 8. The molecule has 2 unspecified atom stereocenters. The van der Waals surface area contributed by atoms with E-state index in [0.29, 0.717) is 30.0 Å². The first-order valence-electron chi connectivity index (χ1n) is 15.4. The Balaban J connectivity index is 1.27. The Morgan fingerprint density at radius 3 is 2.78 bits per heavy atom. The summed E-state index contributed by atoms with van der Waals surface area (Å²) >= 11 is 0. The van der Waals surface area contributed by atoms with Crippen LogP contribution in [-0.2, 0) is 11.0 Å². The Kier molecular flexibility index (Phi) is 8.27. The summed E-state index contributed by atoms with van der Waals surface area (Å²) < 4.78 is 29.2. The van der Waals surface area contributed by atoms with Crippen molar-refractivity contribution in [3.8, 4) is 17.0 Å². The number of pyridine rings is 1. The van der Waals surface area contributed by atoms with Gasteiger partial charge in [-0.3, -0.25) is 14.8 Å². The number of aromatic amines is 1. The number of H-pyrrole nitrogens is 1. The van der Waals surface area contributed by atoms with Gasteiger partial charge in [0.1, 0.15) is 22.9 Å². The number of imidazole rings is 1. The van der Waals surface area contributed by atoms with E-state index in [1.807, 2.05) is 47.1 Å². The van der Waals surface area contributed by atoms with Crippen LogP contribution in [0.1, 0.15) is 43.1 Å². The van der Waals surface area contributed by atoms with E-state index in [-0.39, 0.29) is 28.9 Å². The van der Waals surface area contributed by atoms with Crippen LogP contribution in [0, 0.1) is 5.82 Å². The summed E-state index contributed by atoms with van der Waals surface area (Å²) in [6.45, 7) is 12.7. The summed E-state index contributed by atoms with van der Waals surface area (Å²) in [5.74, 6) is 0.0332. The standard InChI is InChI=1S/C34H41FN6O3Si/c1-34(2,3)45(5,6)44-30-14-16-40(20-25-26(35)8-7-9-29(25)43-4)21-28(30)37-33(42)22-10-12-27-24(18-22)32(39-38-27)23-11-13-31-36-15-17-41(31)19-23/h7-13,15,17-19,28,30H,14,16,20-21H2,1-6H3,(H,37,42)(H,38,39). The molecule has 1 amide bonds. The first kappa shape index (κ1) is 30.9. The van der Waals surface area contributed by atoms with E-state index in [2.05, 4.69) is 59.3 Å². The minimum atomic E-state index is -2.14. The van der Waals surface area contributed by atoms with Gasteiger partial charge >= 0.3 is 0 Å². The van der Waals surface area contributed by atoms with E-state index < -0.39 is 8.32 Å². The number of benzene rings is 2. The number of amides is 1. The van der Waals surface area contributed by atoms with Gasteiger partial charge in [-0.1, -0.05) is 26.8 Å². The SMILES string of the molecule is COc1cccc(F)c1CN1CCC(O[Si](C)(C)C(C)(C)C)C(NC(=O)c2ccc3[nH]nc(-c4ccc5nccn5c4)c3c2)C1. The number of likely N-dealkylation sites (tertiary alicyclic amines) is 1. The molecule has 0 aliphatic carbocycles. The van der Waals surface area contributed by atoms with Gasteiger partial charge in [-0.25, -0.2) is 9.37 Å². The van der Waals surface area contributed by atoms with Crippen LogP contribution in [0.25, 0.3) is 27.8 Å². The van der Waals surface area contributed by atoms with Gasteiger partial charge in [0.25, 0.3) is 5.91 Å². The van der Waals surface area contributed by atoms with Gasteiger partial charge < -0.3 is 18.9 Å². The molecule has 11 heteroatoms. The zero-order valence-electron chi connectivity index (χ0n) is 26.7. The van der Waals surface area contributed by atoms with Crippen LogP contribution in [0.4, 0.5) is 4.39 Å². The molecule has 6 rings (SSSR count). The smallest absolute Gasteiger partial charge is 0.251 e. The fourth-order valence-corrected chi connectivity index (χ4v) is 7.16. The second-order valence-corrected chi connectivity index (χ2v) is 18.1. The molecule has 1 aliphatic heterocycles. The molecule has 0 radical (unpaired) electrons. The van der Waals surface area contributed by atoms with E-state index in [0.717, 1.165) is 40.8 Å². The predicted molar refractivity (Wildman–Crippen MR) is 176 cm³/mol. The maximum Gasteiger partial charge on any atom is 0.251 e. The molecule has 1 fully saturated rings. The maximum atomic E-state index is 14.9. The van der Waals surface area contributed by atoms with Gasteiger partial charge in [-0.05, 0) is 67.0 Å². The number of carbonyl (C=O) groups excluding carboxylic acids is 1. The Morgan fingerprint density at radius 1 is 1.18 bits per heavy atom. The lowest BCUT2D eigenvalue weighted by Crippen LogP contribution is -2.59. The average Bonchev–Trinajstić information content (AvgIpc) is 3.65. The number of halogens is 1. The van der Waals surface area contributed by atoms with E-state index in [1.165, 1.54) is 6.07 Å². The highest BCUT2D eigenvalue weighted by Crippen LogP contribution is 2.39. The van der Waals surface area contributed by atoms with E-state index >= 15 is 0 Å². The Hall–Kier alpha value is -4.06. The lowest BCUT2D eigenvalue weighted by atomic mass is 10.00. The second-order valence-electron chi connectivity index (χ2n) is 13.4. The number of ether oxygens (including phenoxy) is 1. The lowest BCUT2D eigenvalue weighted by molar-refractivity contribution is 0.0465. The molecule has 2 atom stereocenters. The monoisotopic (exact) mass is 628 g/mol. The van der Waals surface area contributed by atoms with Crippen LogP contribution >= 0.6 is 0 Å². The fourth-order valence-electron chi connectivity index (χ4n) is 5.77. The number of nitrogens with one attached hydrogen (secondary N) is 2. The first-order valence-corrected chi connectivity index (χ1v) is 18.3. The summed E-state index contributed by atoms with van der Waals surface area (Å²) in [6, 6.07) is 14.1. The summed E-state index contributed by atoms with van der Waals surface area (Å²) in [5.41, 5.74) is 4.42. The molecule has 9 nitrogen and oxygen atoms in total. The number of hydrogen-bond acceptors (Lipinski definition) is 6. The van der Waals surface area contributed by atoms with Crippen molar-refractivity contribution in [2.24, 2.45) is 0 Å². The highest BCUT2D eigenvalue weighted by Gasteiger charge is 2.42. The summed E-state index contributed by atoms with van der Waals surface area (Å²) in [6.07, 6.45) is 6.18. The van der Waals surface area contributed by atoms with Crippen LogP contribution in [0.2, 0.25) is 18.1 Å². The van der Waals surface area contributed by atoms with Crippen molar-refractivity contribution in [1.82, 2.24) is 29.8 Å². The van der Waals surface area contributed by atoms with Gasteiger partial charge in [0.15, 0.2) is 8.32 Å². The number of carbonyl (C=O) groups is 1. The zero-order valence-corrected chi connectivity index (χ0v) is 27.7. The Bertz CT molecular complexity index is 1840. The number of nitrogens with zero attached hydrogens (tertiary/aromatic N) is 4. The third-order valence-electron chi connectivity index (χ3n) is 9.37. The van der Waals surface area contributed by atoms with Crippen LogP contribution in [0.3, 0.4) is 0 Å². The Labute approximate surface area is 263 Å². The number of fused-ring (bicyclic) bond motifs is 2. The average molecular weight is 629 g/mol. The third kappa shape index (κ3) is 6.24. The van der Waals surface area contributed by atoms with Crippen molar-refractivity contribution in [2.45, 2.75) is 64.0 Å². The van der Waals surface area contributed by atoms with E-state index in [1.54, 1.807) is 25.4 Å². The Morgan fingerprint density at radius 2 is 2.00 bits per heavy atom. The molecule has 5 aromatic rings. The van der Waals surface area contributed by atoms with Gasteiger partial charge in [-0.15, -0.1) is 0 Å². The number of piperidine rings is 1. The minimum absolute atomic E-state index is 0.0155. The molecule has 2 aromatic carbocycles. The molecule has 0 bridgehead atoms. The van der Waals surface area contributed by atoms with E-state index in [4.69, 9.17) is 9.16 Å². The van der Waals surface area contributed by atoms with Crippen molar-refractivity contribution in [1.29, 1.82) is 0 Å². The maximum absolute atomic E-state index is 14.9. The van der Waals surface area contributed by atoms with Crippen LogP contribution in [0.15, 0.2) is 67.1 Å². The first-order chi connectivity index (χ1) is 21.4. The lowest BCUT2D eigenvalue weighted by Gasteiger charge is -2.45. The molecule has 45 heavy (non-hydrogen) atoms. The minimum Gasteiger partial charge on any atom is -0.496 e. The van der Waals surface area contributed by atoms with Gasteiger partial charge in [0.05, 0.1) is 24.8 Å². The summed E-state index contributed by atoms with van der Waals surface area (Å²) in [5, 5.41) is 11.8. The molecule has 2 N–H and O–H groups in total. The molecule has 1 saturated heterocycles. The van der Waals surface area contributed by atoms with Gasteiger partial charge in [-0.2, -0.15) is 5.10 Å². The molecule has 0 spiro atoms. The van der Waals surface area contributed by atoms with Gasteiger partial charge in [0, 0.05) is 60.3 Å². The van der Waals surface area contributed by atoms with Crippen LogP contribution < -0.4 is 10.1 Å². The molecular weight excluding hydrogens is 587 g/mol. The molecule has 4 heterocycles. The third-order valence-corrected chi connectivity index (χ3v) is 13.9. The molecular formula is C34H41FN6O3Si. The van der Waals surface area contributed by atoms with Gasteiger partial charge in [0.2, 0.25) is 0 Å².